The molecule has 5 N–H and O–H groups in total. The molecular weight excluding hydrogens is 616 g/mol. The van der Waals surface area contributed by atoms with Gasteiger partial charge in [-0.15, -0.1) is 0 Å². The fourth-order valence-corrected chi connectivity index (χ4v) is 5.79. The van der Waals surface area contributed by atoms with Crippen molar-refractivity contribution in [3.63, 3.8) is 0 Å². The molecule has 2 aromatic rings. The van der Waals surface area contributed by atoms with E-state index in [2.05, 4.69) is 33.3 Å². The molecule has 0 unspecified atom stereocenters. The molecule has 11 nitrogen and oxygen atoms in total. The lowest BCUT2D eigenvalue weighted by molar-refractivity contribution is -0.137. The van der Waals surface area contributed by atoms with Gasteiger partial charge in [0.05, 0.1) is 4.90 Å². The number of hydrogen-bond acceptors (Lipinski definition) is 7. The molecule has 0 aliphatic carbocycles. The van der Waals surface area contributed by atoms with Crippen molar-refractivity contribution in [1.82, 2.24) is 20.7 Å². The van der Waals surface area contributed by atoms with Crippen LogP contribution in [0.25, 0.3) is 0 Å². The largest absolute Gasteiger partial charge is 0.481 e. The Balaban J connectivity index is 2.13. The van der Waals surface area contributed by atoms with Crippen LogP contribution in [0.4, 0.5) is 0 Å². The molecule has 43 heavy (non-hydrogen) atoms. The Morgan fingerprint density at radius 2 is 1.51 bits per heavy atom. The number of hydrogen-bond donors (Lipinski definition) is 6. The highest BCUT2D eigenvalue weighted by atomic mass is 35.5. The third-order valence-electron chi connectivity index (χ3n) is 6.40. The summed E-state index contributed by atoms with van der Waals surface area (Å²) < 4.78 is 28.2. The molecule has 0 fully saturated rings. The first-order valence-electron chi connectivity index (χ1n) is 13.8. The lowest BCUT2D eigenvalue weighted by Crippen LogP contribution is -2.57. The Kier molecular flexibility index (Phi) is 14.5. The van der Waals surface area contributed by atoms with Crippen LogP contribution in [0, 0.1) is 12.8 Å². The Labute approximate surface area is 263 Å². The predicted octanol–water partition coefficient (Wildman–Crippen LogP) is 2.46. The average molecular weight is 655 g/mol. The number of halogens is 1. The standard InChI is InChI=1S/C29H39ClN4O7S2/c1-18(2)16-24(29(39)33-25(17-42)27(37)31-15-14-20-6-4-5-7-22(20)30)32-28(38)23(12-13-26(35)36)34-43(40,41)21-10-8-19(3)9-11-21/h4-11,18,23-25,34,42H,12-17H2,1-3H3,(H,31,37)(H,32,38)(H,33,39)(H,35,36)/t23-,24-,25-/m0/s1. The maximum absolute atomic E-state index is 13.3. The van der Waals surface area contributed by atoms with Gasteiger partial charge in [-0.25, -0.2) is 8.42 Å². The minimum absolute atomic E-state index is 0.0242. The van der Waals surface area contributed by atoms with Crippen molar-refractivity contribution in [3.05, 3.63) is 64.7 Å². The SMILES string of the molecule is Cc1ccc(S(=O)(=O)N[C@@H](CCC(=O)O)C(=O)N[C@@H](CC(C)C)C(=O)N[C@@H](CS)C(=O)NCCc2ccccc2Cl)cc1. The summed E-state index contributed by atoms with van der Waals surface area (Å²) in [4.78, 5) is 50.5. The molecule has 236 valence electrons. The second-order valence-electron chi connectivity index (χ2n) is 10.5. The van der Waals surface area contributed by atoms with E-state index in [4.69, 9.17) is 11.6 Å². The Hall–Kier alpha value is -3.13. The Bertz CT molecular complexity index is 1370. The molecule has 0 bridgehead atoms. The average Bonchev–Trinajstić information content (AvgIpc) is 2.94. The van der Waals surface area contributed by atoms with Crippen LogP contribution in [0.2, 0.25) is 5.02 Å². The van der Waals surface area contributed by atoms with Gasteiger partial charge in [-0.2, -0.15) is 17.4 Å². The second kappa shape index (κ2) is 17.2. The number of carboxylic acid groups (broad SMARTS) is 1. The normalized spacial score (nSPS) is 13.5. The quantitative estimate of drug-likeness (QED) is 0.142. The molecule has 2 aromatic carbocycles. The van der Waals surface area contributed by atoms with Crippen molar-refractivity contribution in [2.24, 2.45) is 5.92 Å². The van der Waals surface area contributed by atoms with E-state index < -0.39 is 58.3 Å². The molecule has 0 radical (unpaired) electrons. The first-order valence-corrected chi connectivity index (χ1v) is 16.3. The van der Waals surface area contributed by atoms with E-state index >= 15 is 0 Å². The van der Waals surface area contributed by atoms with Crippen LogP contribution >= 0.6 is 24.2 Å². The third-order valence-corrected chi connectivity index (χ3v) is 8.62. The second-order valence-corrected chi connectivity index (χ2v) is 13.0. The van der Waals surface area contributed by atoms with Crippen molar-refractivity contribution in [3.8, 4) is 0 Å². The van der Waals surface area contributed by atoms with Gasteiger partial charge < -0.3 is 21.1 Å². The molecule has 0 aliphatic heterocycles. The maximum atomic E-state index is 13.3. The third kappa shape index (κ3) is 12.2. The molecular formula is C29H39ClN4O7S2. The van der Waals surface area contributed by atoms with Crippen LogP contribution < -0.4 is 20.7 Å². The van der Waals surface area contributed by atoms with Gasteiger partial charge in [-0.1, -0.05) is 61.3 Å². The zero-order valence-electron chi connectivity index (χ0n) is 24.3. The zero-order valence-corrected chi connectivity index (χ0v) is 26.8. The number of aryl methyl sites for hydroxylation is 1. The van der Waals surface area contributed by atoms with E-state index in [-0.39, 0.29) is 36.0 Å². The number of amides is 3. The summed E-state index contributed by atoms with van der Waals surface area (Å²) in [5.74, 6) is -3.33. The van der Waals surface area contributed by atoms with Gasteiger partial charge in [0.15, 0.2) is 0 Å². The van der Waals surface area contributed by atoms with Crippen LogP contribution in [-0.4, -0.2) is 67.6 Å². The molecule has 3 amide bonds. The molecule has 0 heterocycles. The lowest BCUT2D eigenvalue weighted by Gasteiger charge is -2.25. The number of rotatable bonds is 17. The van der Waals surface area contributed by atoms with Gasteiger partial charge in [0.25, 0.3) is 0 Å². The van der Waals surface area contributed by atoms with Gasteiger partial charge in [0.2, 0.25) is 27.7 Å². The summed E-state index contributed by atoms with van der Waals surface area (Å²) >= 11 is 10.4. The summed E-state index contributed by atoms with van der Waals surface area (Å²) in [5.41, 5.74) is 1.68. The number of aliphatic carboxylic acids is 1. The number of sulfonamides is 1. The summed E-state index contributed by atoms with van der Waals surface area (Å²) in [5, 5.41) is 17.6. The van der Waals surface area contributed by atoms with Gasteiger partial charge in [0, 0.05) is 23.7 Å². The molecule has 3 atom stereocenters. The minimum Gasteiger partial charge on any atom is -0.481 e. The number of carbonyl (C=O) groups is 4. The minimum atomic E-state index is -4.19. The van der Waals surface area contributed by atoms with Crippen LogP contribution in [0.3, 0.4) is 0 Å². The molecule has 0 aromatic heterocycles. The number of benzene rings is 2. The highest BCUT2D eigenvalue weighted by Crippen LogP contribution is 2.15. The topological polar surface area (TPSA) is 171 Å². The monoisotopic (exact) mass is 654 g/mol. The summed E-state index contributed by atoms with van der Waals surface area (Å²) in [6.07, 6.45) is -0.205. The van der Waals surface area contributed by atoms with Crippen molar-refractivity contribution < 1.29 is 32.7 Å². The lowest BCUT2D eigenvalue weighted by atomic mass is 10.0. The van der Waals surface area contributed by atoms with E-state index in [1.54, 1.807) is 31.2 Å². The van der Waals surface area contributed by atoms with Gasteiger partial charge in [-0.05, 0) is 55.9 Å². The van der Waals surface area contributed by atoms with Gasteiger partial charge in [-0.3, -0.25) is 19.2 Å². The van der Waals surface area contributed by atoms with E-state index in [1.165, 1.54) is 12.1 Å². The number of carbonyl (C=O) groups excluding carboxylic acids is 3. The van der Waals surface area contributed by atoms with Crippen molar-refractivity contribution in [1.29, 1.82) is 0 Å². The van der Waals surface area contributed by atoms with E-state index in [1.807, 2.05) is 26.0 Å². The van der Waals surface area contributed by atoms with Crippen LogP contribution in [-0.2, 0) is 35.6 Å². The van der Waals surface area contributed by atoms with Crippen LogP contribution in [0.15, 0.2) is 53.4 Å². The Morgan fingerprint density at radius 3 is 2.09 bits per heavy atom. The fourth-order valence-electron chi connectivity index (χ4n) is 4.07. The van der Waals surface area contributed by atoms with E-state index in [0.29, 0.717) is 11.4 Å². The summed E-state index contributed by atoms with van der Waals surface area (Å²) in [7, 11) is -4.19. The first kappa shape index (κ1) is 36.1. The number of nitrogens with one attached hydrogen (secondary N) is 4. The first-order chi connectivity index (χ1) is 20.2. The van der Waals surface area contributed by atoms with Crippen LogP contribution in [0.1, 0.15) is 44.2 Å². The smallest absolute Gasteiger partial charge is 0.303 e. The number of carboxylic acids is 1. The predicted molar refractivity (Wildman–Crippen MR) is 167 cm³/mol. The molecule has 0 saturated carbocycles. The summed E-state index contributed by atoms with van der Waals surface area (Å²) in [6.45, 7) is 5.70. The summed E-state index contributed by atoms with van der Waals surface area (Å²) in [6, 6.07) is 9.53. The maximum Gasteiger partial charge on any atom is 0.303 e. The number of thiol groups is 1. The molecule has 0 saturated heterocycles. The fraction of sp³-hybridized carbons (Fsp3) is 0.448. The highest BCUT2D eigenvalue weighted by Gasteiger charge is 2.31. The van der Waals surface area contributed by atoms with Crippen molar-refractivity contribution in [2.75, 3.05) is 12.3 Å². The highest BCUT2D eigenvalue weighted by molar-refractivity contribution is 7.89. The van der Waals surface area contributed by atoms with Crippen molar-refractivity contribution >= 4 is 57.9 Å². The van der Waals surface area contributed by atoms with Crippen molar-refractivity contribution in [2.45, 2.75) is 69.5 Å². The Morgan fingerprint density at radius 1 is 0.907 bits per heavy atom. The molecule has 14 heteroatoms. The molecule has 0 spiro atoms. The zero-order chi connectivity index (χ0) is 32.2. The van der Waals surface area contributed by atoms with E-state index in [9.17, 15) is 32.7 Å². The molecule has 2 rings (SSSR count). The van der Waals surface area contributed by atoms with Crippen LogP contribution in [0.5, 0.6) is 0 Å². The van der Waals surface area contributed by atoms with Gasteiger partial charge >= 0.3 is 5.97 Å². The molecule has 0 aliphatic rings. The van der Waals surface area contributed by atoms with E-state index in [0.717, 1.165) is 11.1 Å². The van der Waals surface area contributed by atoms with Gasteiger partial charge in [0.1, 0.15) is 18.1 Å².